The maximum absolute atomic E-state index is 11.2. The number of carboxylic acid groups (broad SMARTS) is 1. The van der Waals surface area contributed by atoms with Crippen molar-refractivity contribution in [2.45, 2.75) is 32.5 Å². The summed E-state index contributed by atoms with van der Waals surface area (Å²) in [7, 11) is 0. The topological polar surface area (TPSA) is 66.6 Å². The molecule has 0 bridgehead atoms. The van der Waals surface area contributed by atoms with Gasteiger partial charge in [0.2, 0.25) is 0 Å². The van der Waals surface area contributed by atoms with Crippen LogP contribution in [0.4, 0.5) is 4.79 Å². The van der Waals surface area contributed by atoms with Gasteiger partial charge >= 0.3 is 6.09 Å². The molecule has 0 heterocycles. The van der Waals surface area contributed by atoms with Crippen LogP contribution >= 0.6 is 0 Å². The van der Waals surface area contributed by atoms with Crippen LogP contribution in [0.15, 0.2) is 30.3 Å². The summed E-state index contributed by atoms with van der Waals surface area (Å²) in [5.41, 5.74) is 6.24. The van der Waals surface area contributed by atoms with Crippen molar-refractivity contribution in [1.29, 1.82) is 0 Å². The quantitative estimate of drug-likeness (QED) is 0.755. The Kier molecular flexibility index (Phi) is 3.55. The smallest absolute Gasteiger partial charge is 0.409 e. The lowest BCUT2D eigenvalue weighted by Gasteiger charge is -2.37. The highest BCUT2D eigenvalue weighted by atomic mass is 16.4. The standard InChI is InChI=1S/C12H18N2O2/c1-12(2,3)14(11(15)16)10(13)9-7-5-4-6-8-9/h4-8,10H,13H2,1-3H3,(H,15,16). The number of nitrogens with zero attached hydrogens (tertiary/aromatic N) is 1. The number of rotatable bonds is 2. The normalized spacial score (nSPS) is 13.2. The number of hydrogen-bond acceptors (Lipinski definition) is 2. The van der Waals surface area contributed by atoms with Crippen LogP contribution in [-0.4, -0.2) is 21.6 Å². The van der Waals surface area contributed by atoms with Crippen molar-refractivity contribution in [1.82, 2.24) is 4.90 Å². The molecule has 1 amide bonds. The molecular weight excluding hydrogens is 204 g/mol. The summed E-state index contributed by atoms with van der Waals surface area (Å²) < 4.78 is 0. The third-order valence-electron chi connectivity index (χ3n) is 2.35. The maximum Gasteiger partial charge on any atom is 0.409 e. The summed E-state index contributed by atoms with van der Waals surface area (Å²) in [4.78, 5) is 12.5. The lowest BCUT2D eigenvalue weighted by atomic mass is 10.0. The molecule has 0 aliphatic heterocycles. The van der Waals surface area contributed by atoms with Gasteiger partial charge in [-0.05, 0) is 26.3 Å². The second-order valence-corrected chi connectivity index (χ2v) is 4.68. The molecular formula is C12H18N2O2. The molecule has 0 fully saturated rings. The molecule has 0 saturated carbocycles. The average Bonchev–Trinajstić information content (AvgIpc) is 2.16. The van der Waals surface area contributed by atoms with E-state index in [1.54, 1.807) is 0 Å². The number of nitrogens with two attached hydrogens (primary N) is 1. The highest BCUT2D eigenvalue weighted by molar-refractivity contribution is 5.66. The molecule has 0 saturated heterocycles. The number of hydrogen-bond donors (Lipinski definition) is 2. The van der Waals surface area contributed by atoms with Crippen molar-refractivity contribution in [2.24, 2.45) is 5.73 Å². The van der Waals surface area contributed by atoms with Crippen molar-refractivity contribution in [2.75, 3.05) is 0 Å². The van der Waals surface area contributed by atoms with Gasteiger partial charge in [-0.25, -0.2) is 4.79 Å². The van der Waals surface area contributed by atoms with E-state index in [0.29, 0.717) is 0 Å². The average molecular weight is 222 g/mol. The molecule has 0 aliphatic rings. The predicted molar refractivity (Wildman–Crippen MR) is 63.0 cm³/mol. The Morgan fingerprint density at radius 2 is 1.81 bits per heavy atom. The fourth-order valence-corrected chi connectivity index (χ4v) is 1.62. The molecule has 88 valence electrons. The third kappa shape index (κ3) is 2.73. The molecule has 16 heavy (non-hydrogen) atoms. The zero-order valence-corrected chi connectivity index (χ0v) is 9.84. The minimum absolute atomic E-state index is 0.527. The monoisotopic (exact) mass is 222 g/mol. The first-order valence-electron chi connectivity index (χ1n) is 5.17. The Morgan fingerprint density at radius 1 is 1.31 bits per heavy atom. The first-order chi connectivity index (χ1) is 7.34. The van der Waals surface area contributed by atoms with Crippen LogP contribution < -0.4 is 5.73 Å². The van der Waals surface area contributed by atoms with Gasteiger partial charge in [0, 0.05) is 5.54 Å². The van der Waals surface area contributed by atoms with Crippen molar-refractivity contribution < 1.29 is 9.90 Å². The van der Waals surface area contributed by atoms with Gasteiger partial charge < -0.3 is 10.8 Å². The summed E-state index contributed by atoms with van der Waals surface area (Å²) in [6.07, 6.45) is -1.65. The van der Waals surface area contributed by atoms with Crippen LogP contribution in [0.25, 0.3) is 0 Å². The molecule has 4 nitrogen and oxygen atoms in total. The van der Waals surface area contributed by atoms with E-state index in [2.05, 4.69) is 0 Å². The minimum Gasteiger partial charge on any atom is -0.465 e. The van der Waals surface area contributed by atoms with E-state index >= 15 is 0 Å². The SMILES string of the molecule is CC(C)(C)N(C(=O)O)C(N)c1ccccc1. The van der Waals surface area contributed by atoms with Crippen LogP contribution in [-0.2, 0) is 0 Å². The Bertz CT molecular complexity index is 357. The largest absolute Gasteiger partial charge is 0.465 e. The Hall–Kier alpha value is -1.55. The highest BCUT2D eigenvalue weighted by Gasteiger charge is 2.31. The Labute approximate surface area is 95.7 Å². The van der Waals surface area contributed by atoms with Gasteiger partial charge in [0.1, 0.15) is 6.17 Å². The first-order valence-corrected chi connectivity index (χ1v) is 5.17. The van der Waals surface area contributed by atoms with E-state index in [4.69, 9.17) is 5.73 Å². The minimum atomic E-state index is -1.01. The van der Waals surface area contributed by atoms with Crippen LogP contribution in [0.2, 0.25) is 0 Å². The van der Waals surface area contributed by atoms with Crippen molar-refractivity contribution in [3.8, 4) is 0 Å². The van der Waals surface area contributed by atoms with E-state index < -0.39 is 17.8 Å². The molecule has 4 heteroatoms. The highest BCUT2D eigenvalue weighted by Crippen LogP contribution is 2.24. The van der Waals surface area contributed by atoms with Crippen molar-refractivity contribution in [3.05, 3.63) is 35.9 Å². The van der Waals surface area contributed by atoms with Gasteiger partial charge in [-0.2, -0.15) is 0 Å². The van der Waals surface area contributed by atoms with Gasteiger partial charge in [0.25, 0.3) is 0 Å². The van der Waals surface area contributed by atoms with Crippen molar-refractivity contribution >= 4 is 6.09 Å². The zero-order valence-electron chi connectivity index (χ0n) is 9.84. The summed E-state index contributed by atoms with van der Waals surface area (Å²) in [6, 6.07) is 9.22. The fraction of sp³-hybridized carbons (Fsp3) is 0.417. The lowest BCUT2D eigenvalue weighted by molar-refractivity contribution is 0.0716. The first kappa shape index (κ1) is 12.5. The second kappa shape index (κ2) is 4.53. The summed E-state index contributed by atoms with van der Waals surface area (Å²) in [5, 5.41) is 9.19. The molecule has 0 spiro atoms. The molecule has 0 radical (unpaired) electrons. The number of carbonyl (C=O) groups is 1. The van der Waals surface area contributed by atoms with Gasteiger partial charge in [0.05, 0.1) is 0 Å². The van der Waals surface area contributed by atoms with E-state index in [0.717, 1.165) is 5.56 Å². The molecule has 1 aromatic rings. The van der Waals surface area contributed by atoms with Crippen LogP contribution in [0.3, 0.4) is 0 Å². The number of amides is 1. The maximum atomic E-state index is 11.2. The molecule has 1 unspecified atom stereocenters. The molecule has 3 N–H and O–H groups in total. The summed E-state index contributed by atoms with van der Waals surface area (Å²) in [5.74, 6) is 0. The van der Waals surface area contributed by atoms with Gasteiger partial charge in [-0.15, -0.1) is 0 Å². The molecule has 1 rings (SSSR count). The molecule has 0 aliphatic carbocycles. The van der Waals surface area contributed by atoms with Crippen LogP contribution in [0.5, 0.6) is 0 Å². The van der Waals surface area contributed by atoms with Crippen LogP contribution in [0, 0.1) is 0 Å². The lowest BCUT2D eigenvalue weighted by Crippen LogP contribution is -2.50. The molecule has 0 aromatic heterocycles. The Morgan fingerprint density at radius 3 is 2.19 bits per heavy atom. The van der Waals surface area contributed by atoms with Gasteiger partial charge in [0.15, 0.2) is 0 Å². The fourth-order valence-electron chi connectivity index (χ4n) is 1.62. The number of benzene rings is 1. The Balaban J connectivity index is 3.02. The van der Waals surface area contributed by atoms with Crippen LogP contribution in [0.1, 0.15) is 32.5 Å². The van der Waals surface area contributed by atoms with E-state index in [-0.39, 0.29) is 0 Å². The second-order valence-electron chi connectivity index (χ2n) is 4.68. The van der Waals surface area contributed by atoms with E-state index in [1.165, 1.54) is 4.90 Å². The third-order valence-corrected chi connectivity index (χ3v) is 2.35. The zero-order chi connectivity index (χ0) is 12.3. The molecule has 1 atom stereocenters. The van der Waals surface area contributed by atoms with E-state index in [1.807, 2.05) is 51.1 Å². The summed E-state index contributed by atoms with van der Waals surface area (Å²) >= 11 is 0. The van der Waals surface area contributed by atoms with Crippen molar-refractivity contribution in [3.63, 3.8) is 0 Å². The predicted octanol–water partition coefficient (Wildman–Crippen LogP) is 2.42. The van der Waals surface area contributed by atoms with Gasteiger partial charge in [-0.3, -0.25) is 4.90 Å². The van der Waals surface area contributed by atoms with Gasteiger partial charge in [-0.1, -0.05) is 30.3 Å². The molecule has 1 aromatic carbocycles. The summed E-state index contributed by atoms with van der Waals surface area (Å²) in [6.45, 7) is 5.47. The van der Waals surface area contributed by atoms with E-state index in [9.17, 15) is 9.90 Å².